The third-order valence-electron chi connectivity index (χ3n) is 2.88. The van der Waals surface area contributed by atoms with Crippen LogP contribution in [0.1, 0.15) is 24.2 Å². The van der Waals surface area contributed by atoms with Gasteiger partial charge in [-0.3, -0.25) is 0 Å². The van der Waals surface area contributed by atoms with Gasteiger partial charge in [0.1, 0.15) is 12.3 Å². The average molecular weight is 277 g/mol. The average Bonchev–Trinajstić information content (AvgIpc) is 2.50. The molecule has 108 valence electrons. The van der Waals surface area contributed by atoms with E-state index in [9.17, 15) is 4.79 Å². The van der Waals surface area contributed by atoms with Crippen molar-refractivity contribution >= 4 is 11.7 Å². The van der Waals surface area contributed by atoms with E-state index in [4.69, 9.17) is 10.3 Å². The van der Waals surface area contributed by atoms with Gasteiger partial charge in [0.25, 0.3) is 0 Å². The summed E-state index contributed by atoms with van der Waals surface area (Å²) in [6.45, 7) is 7.12. The molecule has 1 aromatic rings. The molecule has 1 N–H and O–H groups in total. The maximum Gasteiger partial charge on any atom is 0.338 e. The van der Waals surface area contributed by atoms with E-state index >= 15 is 0 Å². The Labute approximate surface area is 118 Å². The van der Waals surface area contributed by atoms with Crippen LogP contribution in [0, 0.1) is 0 Å². The highest BCUT2D eigenvalue weighted by atomic mass is 16.5. The lowest BCUT2D eigenvalue weighted by molar-refractivity contribution is 0.0466. The van der Waals surface area contributed by atoms with Crippen LogP contribution < -0.4 is 5.43 Å². The molecule has 0 saturated heterocycles. The van der Waals surface area contributed by atoms with Crippen molar-refractivity contribution in [2.75, 3.05) is 31.7 Å². The van der Waals surface area contributed by atoms with Crippen LogP contribution in [-0.4, -0.2) is 37.1 Å². The minimum absolute atomic E-state index is 0.354. The Balaban J connectivity index is 2.45. The molecule has 7 nitrogen and oxygen atoms in total. The summed E-state index contributed by atoms with van der Waals surface area (Å²) in [7, 11) is 0. The number of ether oxygens (including phenoxy) is 1. The van der Waals surface area contributed by atoms with Gasteiger partial charge < -0.3 is 9.64 Å². The smallest absolute Gasteiger partial charge is 0.338 e. The van der Waals surface area contributed by atoms with Crippen LogP contribution in [0.2, 0.25) is 0 Å². The van der Waals surface area contributed by atoms with E-state index < -0.39 is 0 Å². The van der Waals surface area contributed by atoms with E-state index in [-0.39, 0.29) is 5.97 Å². The molecule has 7 heteroatoms. The second kappa shape index (κ2) is 8.79. The van der Waals surface area contributed by atoms with Gasteiger partial charge >= 0.3 is 5.97 Å². The topological polar surface area (TPSA) is 90.3 Å². The van der Waals surface area contributed by atoms with Gasteiger partial charge in [0, 0.05) is 6.54 Å². The van der Waals surface area contributed by atoms with Gasteiger partial charge in [-0.25, -0.2) is 10.2 Å². The zero-order valence-corrected chi connectivity index (χ0v) is 11.7. The second-order valence-electron chi connectivity index (χ2n) is 4.04. The van der Waals surface area contributed by atoms with E-state index in [1.807, 2.05) is 0 Å². The zero-order chi connectivity index (χ0) is 14.8. The lowest BCUT2D eigenvalue weighted by Gasteiger charge is -2.17. The standard InChI is InChI=1S/C13H19N5O2/c1-3-18(4-2)9-10-20-13(19)11-5-7-12(8-6-11)15-17-16-14/h5-8,15H,3-4,9-10H2,1-2H3. The molecule has 0 aliphatic heterocycles. The summed E-state index contributed by atoms with van der Waals surface area (Å²) < 4.78 is 5.20. The van der Waals surface area contributed by atoms with Gasteiger partial charge in [0.15, 0.2) is 0 Å². The van der Waals surface area contributed by atoms with Gasteiger partial charge in [-0.15, -0.1) is 5.53 Å². The van der Waals surface area contributed by atoms with E-state index in [1.165, 1.54) is 0 Å². The molecule has 0 aliphatic rings. The van der Waals surface area contributed by atoms with Crippen molar-refractivity contribution < 1.29 is 9.53 Å². The molecule has 0 radical (unpaired) electrons. The maximum atomic E-state index is 11.8. The number of carbonyl (C=O) groups is 1. The Hall–Kier alpha value is -2.24. The van der Waals surface area contributed by atoms with Crippen molar-refractivity contribution in [3.05, 3.63) is 40.3 Å². The lowest BCUT2D eigenvalue weighted by atomic mass is 10.2. The van der Waals surface area contributed by atoms with Crippen molar-refractivity contribution in [3.63, 3.8) is 0 Å². The van der Waals surface area contributed by atoms with E-state index in [1.54, 1.807) is 24.3 Å². The number of nitrogens with zero attached hydrogens (tertiary/aromatic N) is 4. The normalized spacial score (nSPS) is 9.95. The third-order valence-corrected chi connectivity index (χ3v) is 2.88. The molecule has 0 unspecified atom stereocenters. The fourth-order valence-electron chi connectivity index (χ4n) is 1.65. The van der Waals surface area contributed by atoms with Crippen LogP contribution in [0.3, 0.4) is 0 Å². The number of hydrogen-bond acceptors (Lipinski definition) is 4. The molecular weight excluding hydrogens is 258 g/mol. The van der Waals surface area contributed by atoms with Crippen molar-refractivity contribution in [1.29, 1.82) is 0 Å². The van der Waals surface area contributed by atoms with Gasteiger partial charge in [0.2, 0.25) is 0 Å². The van der Waals surface area contributed by atoms with Crippen LogP contribution in [0.25, 0.3) is 10.4 Å². The second-order valence-corrected chi connectivity index (χ2v) is 4.04. The summed E-state index contributed by atoms with van der Waals surface area (Å²) in [5, 5.41) is 3.21. The molecule has 0 spiro atoms. The summed E-state index contributed by atoms with van der Waals surface area (Å²) in [4.78, 5) is 16.5. The largest absolute Gasteiger partial charge is 0.461 e. The summed E-state index contributed by atoms with van der Waals surface area (Å²) in [6, 6.07) is 6.54. The first-order chi connectivity index (χ1) is 9.71. The summed E-state index contributed by atoms with van der Waals surface area (Å²) in [5.74, 6) is -0.354. The number of carbonyl (C=O) groups excluding carboxylic acids is 1. The van der Waals surface area contributed by atoms with E-state index in [2.05, 4.69) is 34.3 Å². The Kier molecular flexibility index (Phi) is 6.95. The highest BCUT2D eigenvalue weighted by Crippen LogP contribution is 2.10. The van der Waals surface area contributed by atoms with Crippen molar-refractivity contribution in [3.8, 4) is 0 Å². The number of benzene rings is 1. The Morgan fingerprint density at radius 1 is 1.35 bits per heavy atom. The summed E-state index contributed by atoms with van der Waals surface area (Å²) in [6.07, 6.45) is 0. The zero-order valence-electron chi connectivity index (χ0n) is 11.7. The maximum absolute atomic E-state index is 11.8. The fraction of sp³-hybridized carbons (Fsp3) is 0.462. The summed E-state index contributed by atoms with van der Waals surface area (Å²) >= 11 is 0. The number of esters is 1. The molecule has 0 fully saturated rings. The SMILES string of the molecule is CCN(CC)CCOC(=O)c1ccc(NN=[N+]=[N-])cc1. The molecule has 0 aromatic heterocycles. The lowest BCUT2D eigenvalue weighted by Crippen LogP contribution is -2.27. The number of likely N-dealkylation sites (N-methyl/N-ethyl adjacent to an activating group) is 1. The minimum atomic E-state index is -0.354. The highest BCUT2D eigenvalue weighted by Gasteiger charge is 2.08. The summed E-state index contributed by atoms with van der Waals surface area (Å²) in [5.41, 5.74) is 11.7. The van der Waals surface area contributed by atoms with Crippen LogP contribution in [0.5, 0.6) is 0 Å². The first-order valence-corrected chi connectivity index (χ1v) is 6.50. The van der Waals surface area contributed by atoms with Crippen LogP contribution in [0.15, 0.2) is 29.5 Å². The highest BCUT2D eigenvalue weighted by molar-refractivity contribution is 5.89. The molecule has 0 heterocycles. The number of hydrogen-bond donors (Lipinski definition) is 1. The molecule has 1 aromatic carbocycles. The molecule has 0 atom stereocenters. The van der Waals surface area contributed by atoms with Gasteiger partial charge in [-0.1, -0.05) is 13.8 Å². The van der Waals surface area contributed by atoms with Gasteiger partial charge in [-0.2, -0.15) is 4.91 Å². The predicted octanol–water partition coefficient (Wildman–Crippen LogP) is 2.82. The molecule has 0 amide bonds. The Bertz CT molecular complexity index is 464. The van der Waals surface area contributed by atoms with Crippen molar-refractivity contribution in [1.82, 2.24) is 4.90 Å². The first kappa shape index (κ1) is 15.8. The number of nitrogens with one attached hydrogen (secondary N) is 1. The van der Waals surface area contributed by atoms with E-state index in [0.29, 0.717) is 17.9 Å². The monoisotopic (exact) mass is 277 g/mol. The van der Waals surface area contributed by atoms with E-state index in [0.717, 1.165) is 19.6 Å². The molecule has 20 heavy (non-hydrogen) atoms. The van der Waals surface area contributed by atoms with Crippen molar-refractivity contribution in [2.24, 2.45) is 5.22 Å². The number of anilines is 1. The molecule has 0 aliphatic carbocycles. The number of azide groups is 1. The fourth-order valence-corrected chi connectivity index (χ4v) is 1.65. The van der Waals surface area contributed by atoms with Crippen LogP contribution in [0.4, 0.5) is 5.69 Å². The van der Waals surface area contributed by atoms with Gasteiger partial charge in [0.05, 0.1) is 5.56 Å². The van der Waals surface area contributed by atoms with Crippen LogP contribution in [-0.2, 0) is 4.74 Å². The number of rotatable bonds is 8. The predicted molar refractivity (Wildman–Crippen MR) is 77.3 cm³/mol. The Morgan fingerprint density at radius 2 is 2.00 bits per heavy atom. The minimum Gasteiger partial charge on any atom is -0.461 e. The van der Waals surface area contributed by atoms with Crippen LogP contribution >= 0.6 is 0 Å². The first-order valence-electron chi connectivity index (χ1n) is 6.50. The third kappa shape index (κ3) is 5.17. The molecule has 0 bridgehead atoms. The molecular formula is C13H19N5O2. The quantitative estimate of drug-likeness (QED) is 0.260. The van der Waals surface area contributed by atoms with Crippen molar-refractivity contribution in [2.45, 2.75) is 13.8 Å². The molecule has 0 saturated carbocycles. The molecule has 1 rings (SSSR count). The Morgan fingerprint density at radius 3 is 2.55 bits per heavy atom. The van der Waals surface area contributed by atoms with Gasteiger partial charge in [-0.05, 0) is 42.6 Å².